The molecule has 14 heavy (non-hydrogen) atoms. The van der Waals surface area contributed by atoms with E-state index in [2.05, 4.69) is 4.98 Å². The Bertz CT molecular complexity index is 388. The first-order valence-corrected chi connectivity index (χ1v) is 4.31. The molecule has 1 aromatic rings. The van der Waals surface area contributed by atoms with Crippen molar-refractivity contribution in [2.75, 3.05) is 0 Å². The monoisotopic (exact) mass is 236 g/mol. The Morgan fingerprint density at radius 3 is 2.64 bits per heavy atom. The molecule has 0 aliphatic rings. The average molecular weight is 237 g/mol. The molecule has 1 rings (SSSR count). The minimum atomic E-state index is -2.72. The summed E-state index contributed by atoms with van der Waals surface area (Å²) in [6.45, 7) is 0. The van der Waals surface area contributed by atoms with Crippen molar-refractivity contribution in [1.82, 2.24) is 4.98 Å². The van der Waals surface area contributed by atoms with Crippen molar-refractivity contribution < 1.29 is 8.78 Å². The molecule has 0 amide bonds. The number of rotatable bonds is 2. The van der Waals surface area contributed by atoms with Crippen LogP contribution in [-0.4, -0.2) is 4.98 Å². The smallest absolute Gasteiger partial charge is 0.238 e. The SMILES string of the molecule is N#CCc1cc(C(F)F)c(Cl)c(Cl)n1. The van der Waals surface area contributed by atoms with Crippen LogP contribution >= 0.6 is 23.2 Å². The number of halogens is 4. The Morgan fingerprint density at radius 2 is 2.14 bits per heavy atom. The molecule has 1 aromatic heterocycles. The van der Waals surface area contributed by atoms with Crippen molar-refractivity contribution in [2.45, 2.75) is 12.8 Å². The van der Waals surface area contributed by atoms with E-state index in [1.165, 1.54) is 0 Å². The van der Waals surface area contributed by atoms with Crippen molar-refractivity contribution >= 4 is 23.2 Å². The van der Waals surface area contributed by atoms with Gasteiger partial charge in [0.1, 0.15) is 5.15 Å². The van der Waals surface area contributed by atoms with Gasteiger partial charge in [-0.05, 0) is 6.07 Å². The van der Waals surface area contributed by atoms with Crippen LogP contribution in [0, 0.1) is 11.3 Å². The molecule has 0 saturated heterocycles. The molecule has 0 spiro atoms. The van der Waals surface area contributed by atoms with Gasteiger partial charge in [-0.15, -0.1) is 0 Å². The zero-order valence-corrected chi connectivity index (χ0v) is 8.28. The molecular weight excluding hydrogens is 233 g/mol. The van der Waals surface area contributed by atoms with Crippen molar-refractivity contribution in [1.29, 1.82) is 5.26 Å². The van der Waals surface area contributed by atoms with Gasteiger partial charge < -0.3 is 0 Å². The van der Waals surface area contributed by atoms with Crippen LogP contribution in [-0.2, 0) is 6.42 Å². The largest absolute Gasteiger partial charge is 0.265 e. The lowest BCUT2D eigenvalue weighted by Gasteiger charge is -2.05. The van der Waals surface area contributed by atoms with Crippen LogP contribution in [0.1, 0.15) is 17.7 Å². The third-order valence-electron chi connectivity index (χ3n) is 1.49. The van der Waals surface area contributed by atoms with Gasteiger partial charge in [0, 0.05) is 5.56 Å². The second-order valence-corrected chi connectivity index (χ2v) is 3.18. The van der Waals surface area contributed by atoms with Gasteiger partial charge in [-0.25, -0.2) is 13.8 Å². The molecule has 0 bridgehead atoms. The zero-order chi connectivity index (χ0) is 10.7. The molecule has 0 N–H and O–H groups in total. The number of nitrogens with zero attached hydrogens (tertiary/aromatic N) is 2. The van der Waals surface area contributed by atoms with E-state index in [1.54, 1.807) is 6.07 Å². The van der Waals surface area contributed by atoms with E-state index in [9.17, 15) is 8.78 Å². The first-order valence-electron chi connectivity index (χ1n) is 3.56. The first-order chi connectivity index (χ1) is 6.56. The highest BCUT2D eigenvalue weighted by atomic mass is 35.5. The molecule has 0 aliphatic carbocycles. The van der Waals surface area contributed by atoms with Crippen LogP contribution in [0.25, 0.3) is 0 Å². The van der Waals surface area contributed by atoms with E-state index in [4.69, 9.17) is 28.5 Å². The zero-order valence-electron chi connectivity index (χ0n) is 6.77. The summed E-state index contributed by atoms with van der Waals surface area (Å²) in [7, 11) is 0. The number of hydrogen-bond donors (Lipinski definition) is 0. The van der Waals surface area contributed by atoms with Crippen LogP contribution in [0.3, 0.4) is 0 Å². The molecule has 0 saturated carbocycles. The maximum Gasteiger partial charge on any atom is 0.265 e. The van der Waals surface area contributed by atoms with Crippen molar-refractivity contribution in [3.8, 4) is 6.07 Å². The summed E-state index contributed by atoms with van der Waals surface area (Å²) in [4.78, 5) is 3.68. The fourth-order valence-corrected chi connectivity index (χ4v) is 1.30. The highest BCUT2D eigenvalue weighted by Gasteiger charge is 2.16. The summed E-state index contributed by atoms with van der Waals surface area (Å²) in [5.74, 6) is 0. The lowest BCUT2D eigenvalue weighted by Crippen LogP contribution is -1.95. The Kier molecular flexibility index (Phi) is 3.62. The minimum Gasteiger partial charge on any atom is -0.238 e. The highest BCUT2D eigenvalue weighted by molar-refractivity contribution is 6.41. The minimum absolute atomic E-state index is 0.0728. The van der Waals surface area contributed by atoms with Gasteiger partial charge in [0.25, 0.3) is 6.43 Å². The lowest BCUT2D eigenvalue weighted by molar-refractivity contribution is 0.151. The molecule has 74 valence electrons. The van der Waals surface area contributed by atoms with E-state index >= 15 is 0 Å². The second-order valence-electron chi connectivity index (χ2n) is 2.44. The summed E-state index contributed by atoms with van der Waals surface area (Å²) < 4.78 is 24.7. The molecule has 0 aliphatic heterocycles. The number of aromatic nitrogens is 1. The van der Waals surface area contributed by atoms with Crippen LogP contribution in [0.4, 0.5) is 8.78 Å². The Hall–Kier alpha value is -0.920. The van der Waals surface area contributed by atoms with Gasteiger partial charge in [0.2, 0.25) is 0 Å². The van der Waals surface area contributed by atoms with Gasteiger partial charge in [0.05, 0.1) is 23.2 Å². The predicted molar refractivity (Wildman–Crippen MR) is 48.5 cm³/mol. The summed E-state index contributed by atoms with van der Waals surface area (Å²) >= 11 is 11.0. The highest BCUT2D eigenvalue weighted by Crippen LogP contribution is 2.32. The Balaban J connectivity index is 3.22. The van der Waals surface area contributed by atoms with Crippen LogP contribution < -0.4 is 0 Å². The molecule has 0 radical (unpaired) electrons. The summed E-state index contributed by atoms with van der Waals surface area (Å²) in [5, 5.41) is 7.90. The van der Waals surface area contributed by atoms with Crippen LogP contribution in [0.2, 0.25) is 10.2 Å². The number of nitriles is 1. The fourth-order valence-electron chi connectivity index (χ4n) is 0.900. The summed E-state index contributed by atoms with van der Waals surface area (Å²) in [6.07, 6.45) is -2.79. The number of alkyl halides is 2. The van der Waals surface area contributed by atoms with E-state index in [0.717, 1.165) is 6.07 Å². The third kappa shape index (κ3) is 2.31. The second kappa shape index (κ2) is 4.54. The summed E-state index contributed by atoms with van der Waals surface area (Å²) in [6, 6.07) is 2.87. The van der Waals surface area contributed by atoms with E-state index < -0.39 is 12.0 Å². The molecule has 0 unspecified atom stereocenters. The molecule has 1 heterocycles. The predicted octanol–water partition coefficient (Wildman–Crippen LogP) is 3.39. The maximum atomic E-state index is 12.4. The van der Waals surface area contributed by atoms with Crippen molar-refractivity contribution in [2.24, 2.45) is 0 Å². The van der Waals surface area contributed by atoms with E-state index in [1.807, 2.05) is 0 Å². The standard InChI is InChI=1S/C8H4Cl2F2N2/c9-6-5(8(11)12)3-4(1-2-13)14-7(6)10/h3,8H,1H2. The molecular formula is C8H4Cl2F2N2. The van der Waals surface area contributed by atoms with Crippen molar-refractivity contribution in [3.05, 3.63) is 27.5 Å². The Morgan fingerprint density at radius 1 is 1.50 bits per heavy atom. The van der Waals surface area contributed by atoms with Gasteiger partial charge in [-0.2, -0.15) is 5.26 Å². The number of hydrogen-bond acceptors (Lipinski definition) is 2. The average Bonchev–Trinajstić information content (AvgIpc) is 2.11. The van der Waals surface area contributed by atoms with Crippen molar-refractivity contribution in [3.63, 3.8) is 0 Å². The van der Waals surface area contributed by atoms with Gasteiger partial charge in [-0.1, -0.05) is 23.2 Å². The van der Waals surface area contributed by atoms with Crippen LogP contribution in [0.15, 0.2) is 6.07 Å². The molecule has 0 aromatic carbocycles. The molecule has 0 fully saturated rings. The van der Waals surface area contributed by atoms with E-state index in [-0.39, 0.29) is 22.3 Å². The first kappa shape index (κ1) is 11.2. The fraction of sp³-hybridized carbons (Fsp3) is 0.250. The van der Waals surface area contributed by atoms with Gasteiger partial charge in [-0.3, -0.25) is 0 Å². The topological polar surface area (TPSA) is 36.7 Å². The van der Waals surface area contributed by atoms with E-state index in [0.29, 0.717) is 0 Å². The molecule has 2 nitrogen and oxygen atoms in total. The third-order valence-corrected chi connectivity index (χ3v) is 2.26. The molecule has 6 heteroatoms. The summed E-state index contributed by atoms with van der Waals surface area (Å²) in [5.41, 5.74) is -0.200. The quantitative estimate of drug-likeness (QED) is 0.739. The maximum absolute atomic E-state index is 12.4. The van der Waals surface area contributed by atoms with Gasteiger partial charge in [0.15, 0.2) is 0 Å². The molecule has 0 atom stereocenters. The lowest BCUT2D eigenvalue weighted by atomic mass is 10.2. The number of pyridine rings is 1. The van der Waals surface area contributed by atoms with Crippen LogP contribution in [0.5, 0.6) is 0 Å². The normalized spacial score (nSPS) is 10.3. The van der Waals surface area contributed by atoms with Gasteiger partial charge >= 0.3 is 0 Å². The Labute approximate surface area is 89.1 Å².